The molecule has 1 saturated heterocycles. The molecule has 1 aliphatic heterocycles. The van der Waals surface area contributed by atoms with Crippen LogP contribution in [0.5, 0.6) is 11.5 Å². The second kappa shape index (κ2) is 7.59. The second-order valence-corrected chi connectivity index (χ2v) is 6.60. The summed E-state index contributed by atoms with van der Waals surface area (Å²) in [5.41, 5.74) is 1.12. The number of aliphatic imine (C=N–C) groups is 1. The van der Waals surface area contributed by atoms with Crippen LogP contribution in [0.4, 0.5) is 0 Å². The van der Waals surface area contributed by atoms with Crippen LogP contribution in [0.15, 0.2) is 23.2 Å². The Kier molecular flexibility index (Phi) is 5.79. The molecular formula is C16H24N2O2S. The van der Waals surface area contributed by atoms with Crippen molar-refractivity contribution in [1.82, 2.24) is 5.32 Å². The van der Waals surface area contributed by atoms with Crippen molar-refractivity contribution in [2.45, 2.75) is 32.9 Å². The lowest BCUT2D eigenvalue weighted by Crippen LogP contribution is -2.28. The number of methoxy groups -OCH3 is 2. The van der Waals surface area contributed by atoms with Gasteiger partial charge in [-0.3, -0.25) is 4.99 Å². The molecule has 21 heavy (non-hydrogen) atoms. The average molecular weight is 308 g/mol. The number of thioether (sulfide) groups is 1. The molecule has 1 unspecified atom stereocenters. The molecule has 1 fully saturated rings. The topological polar surface area (TPSA) is 42.8 Å². The molecule has 0 saturated carbocycles. The highest BCUT2D eigenvalue weighted by Gasteiger charge is 2.20. The van der Waals surface area contributed by atoms with Crippen LogP contribution in [0.3, 0.4) is 0 Å². The molecular weight excluding hydrogens is 284 g/mol. The third kappa shape index (κ3) is 4.56. The quantitative estimate of drug-likeness (QED) is 0.875. The molecule has 5 heteroatoms. The Labute approximate surface area is 131 Å². The smallest absolute Gasteiger partial charge is 0.161 e. The zero-order chi connectivity index (χ0) is 15.2. The molecule has 116 valence electrons. The number of nitrogens with zero attached hydrogens (tertiary/aromatic N) is 1. The number of hydrogen-bond acceptors (Lipinski definition) is 4. The minimum absolute atomic E-state index is 0.555. The van der Waals surface area contributed by atoms with Gasteiger partial charge in [0.25, 0.3) is 0 Å². The monoisotopic (exact) mass is 308 g/mol. The van der Waals surface area contributed by atoms with Crippen LogP contribution in [0, 0.1) is 5.92 Å². The summed E-state index contributed by atoms with van der Waals surface area (Å²) in [4.78, 5) is 4.65. The standard InChI is InChI=1S/C16H24N2O2S/c1-11(2)7-13-10-21-16(18-13)17-9-12-5-6-14(19-3)15(8-12)20-4/h5-6,8,11,13H,7,9-10H2,1-4H3,(H,17,18). The summed E-state index contributed by atoms with van der Waals surface area (Å²) in [7, 11) is 3.30. The van der Waals surface area contributed by atoms with Crippen molar-refractivity contribution in [3.8, 4) is 11.5 Å². The first-order valence-electron chi connectivity index (χ1n) is 7.27. The molecule has 0 radical (unpaired) electrons. The number of nitrogens with one attached hydrogen (secondary N) is 1. The van der Waals surface area contributed by atoms with Gasteiger partial charge in [0.2, 0.25) is 0 Å². The van der Waals surface area contributed by atoms with Crippen molar-refractivity contribution in [1.29, 1.82) is 0 Å². The average Bonchev–Trinajstić information content (AvgIpc) is 2.91. The summed E-state index contributed by atoms with van der Waals surface area (Å²) >= 11 is 1.81. The highest BCUT2D eigenvalue weighted by Crippen LogP contribution is 2.28. The first-order chi connectivity index (χ1) is 10.1. The van der Waals surface area contributed by atoms with Gasteiger partial charge in [0.1, 0.15) is 0 Å². The van der Waals surface area contributed by atoms with Crippen LogP contribution in [0.25, 0.3) is 0 Å². The molecule has 1 atom stereocenters. The molecule has 1 aliphatic rings. The largest absolute Gasteiger partial charge is 0.493 e. The maximum Gasteiger partial charge on any atom is 0.161 e. The van der Waals surface area contributed by atoms with Crippen LogP contribution in [0.1, 0.15) is 25.8 Å². The van der Waals surface area contributed by atoms with Gasteiger partial charge in [-0.1, -0.05) is 31.7 Å². The van der Waals surface area contributed by atoms with Crippen LogP contribution in [-0.2, 0) is 6.54 Å². The van der Waals surface area contributed by atoms with Crippen molar-refractivity contribution >= 4 is 16.9 Å². The summed E-state index contributed by atoms with van der Waals surface area (Å²) in [5.74, 6) is 3.33. The number of benzene rings is 1. The van der Waals surface area contributed by atoms with E-state index >= 15 is 0 Å². The number of rotatable bonds is 6. The van der Waals surface area contributed by atoms with Gasteiger partial charge < -0.3 is 14.8 Å². The normalized spacial score (nSPS) is 19.9. The van der Waals surface area contributed by atoms with Crippen molar-refractivity contribution in [2.75, 3.05) is 20.0 Å². The number of ether oxygens (including phenoxy) is 2. The Bertz CT molecular complexity index is 503. The van der Waals surface area contributed by atoms with Crippen LogP contribution < -0.4 is 14.8 Å². The Morgan fingerprint density at radius 3 is 2.71 bits per heavy atom. The van der Waals surface area contributed by atoms with E-state index in [0.29, 0.717) is 18.5 Å². The van der Waals surface area contributed by atoms with Crippen LogP contribution in [0.2, 0.25) is 0 Å². The number of amidine groups is 1. The first kappa shape index (κ1) is 16.0. The third-order valence-electron chi connectivity index (χ3n) is 3.36. The SMILES string of the molecule is COc1ccc(CN=C2NC(CC(C)C)CS2)cc1OC. The van der Waals surface area contributed by atoms with Gasteiger partial charge in [-0.15, -0.1) is 0 Å². The summed E-state index contributed by atoms with van der Waals surface area (Å²) in [6.45, 7) is 5.17. The Hall–Kier alpha value is -1.36. The van der Waals surface area contributed by atoms with E-state index in [-0.39, 0.29) is 0 Å². The van der Waals surface area contributed by atoms with E-state index in [4.69, 9.17) is 9.47 Å². The van der Waals surface area contributed by atoms with E-state index < -0.39 is 0 Å². The molecule has 0 aliphatic carbocycles. The lowest BCUT2D eigenvalue weighted by atomic mass is 10.1. The molecule has 0 bridgehead atoms. The van der Waals surface area contributed by atoms with Gasteiger partial charge in [-0.05, 0) is 30.0 Å². The van der Waals surface area contributed by atoms with E-state index in [0.717, 1.165) is 28.0 Å². The second-order valence-electron chi connectivity index (χ2n) is 5.59. The molecule has 2 rings (SSSR count). The fourth-order valence-electron chi connectivity index (χ4n) is 2.37. The summed E-state index contributed by atoms with van der Waals surface area (Å²) in [5, 5.41) is 4.55. The lowest BCUT2D eigenvalue weighted by Gasteiger charge is -2.12. The predicted octanol–water partition coefficient (Wildman–Crippen LogP) is 3.31. The zero-order valence-corrected chi connectivity index (χ0v) is 14.0. The molecule has 0 amide bonds. The summed E-state index contributed by atoms with van der Waals surface area (Å²) < 4.78 is 10.6. The van der Waals surface area contributed by atoms with Crippen LogP contribution >= 0.6 is 11.8 Å². The maximum absolute atomic E-state index is 5.32. The van der Waals surface area contributed by atoms with Gasteiger partial charge in [0.15, 0.2) is 16.7 Å². The summed E-state index contributed by atoms with van der Waals surface area (Å²) in [6.07, 6.45) is 1.20. The summed E-state index contributed by atoms with van der Waals surface area (Å²) in [6, 6.07) is 6.48. The molecule has 1 aromatic rings. The van der Waals surface area contributed by atoms with E-state index in [1.54, 1.807) is 14.2 Å². The molecule has 4 nitrogen and oxygen atoms in total. The highest BCUT2D eigenvalue weighted by atomic mass is 32.2. The van der Waals surface area contributed by atoms with Gasteiger partial charge >= 0.3 is 0 Å². The van der Waals surface area contributed by atoms with Crippen molar-refractivity contribution < 1.29 is 9.47 Å². The van der Waals surface area contributed by atoms with E-state index in [1.807, 2.05) is 30.0 Å². The predicted molar refractivity (Wildman–Crippen MR) is 89.5 cm³/mol. The molecule has 0 aromatic heterocycles. The third-order valence-corrected chi connectivity index (χ3v) is 4.45. The Morgan fingerprint density at radius 1 is 1.29 bits per heavy atom. The van der Waals surface area contributed by atoms with E-state index in [1.165, 1.54) is 6.42 Å². The minimum Gasteiger partial charge on any atom is -0.493 e. The van der Waals surface area contributed by atoms with Crippen molar-refractivity contribution in [3.05, 3.63) is 23.8 Å². The lowest BCUT2D eigenvalue weighted by molar-refractivity contribution is 0.354. The fourth-order valence-corrected chi connectivity index (χ4v) is 3.35. The van der Waals surface area contributed by atoms with E-state index in [2.05, 4.69) is 24.2 Å². The van der Waals surface area contributed by atoms with Crippen LogP contribution in [-0.4, -0.2) is 31.2 Å². The molecule has 0 spiro atoms. The molecule has 1 heterocycles. The van der Waals surface area contributed by atoms with Gasteiger partial charge in [-0.25, -0.2) is 0 Å². The molecule has 1 N–H and O–H groups in total. The maximum atomic E-state index is 5.32. The van der Waals surface area contributed by atoms with Gasteiger partial charge in [0.05, 0.1) is 20.8 Å². The van der Waals surface area contributed by atoms with Crippen molar-refractivity contribution in [2.24, 2.45) is 10.9 Å². The first-order valence-corrected chi connectivity index (χ1v) is 8.25. The van der Waals surface area contributed by atoms with Gasteiger partial charge in [-0.2, -0.15) is 0 Å². The zero-order valence-electron chi connectivity index (χ0n) is 13.2. The Balaban J connectivity index is 1.95. The highest BCUT2D eigenvalue weighted by molar-refractivity contribution is 8.14. The Morgan fingerprint density at radius 2 is 2.05 bits per heavy atom. The van der Waals surface area contributed by atoms with Crippen molar-refractivity contribution in [3.63, 3.8) is 0 Å². The molecule has 1 aromatic carbocycles. The van der Waals surface area contributed by atoms with E-state index in [9.17, 15) is 0 Å². The number of hydrogen-bond donors (Lipinski definition) is 1. The van der Waals surface area contributed by atoms with Gasteiger partial charge in [0, 0.05) is 11.8 Å². The minimum atomic E-state index is 0.555. The fraction of sp³-hybridized carbons (Fsp3) is 0.562.